The van der Waals surface area contributed by atoms with E-state index in [0.717, 1.165) is 28.4 Å². The van der Waals surface area contributed by atoms with Gasteiger partial charge in [-0.3, -0.25) is 10.0 Å². The van der Waals surface area contributed by atoms with E-state index in [-0.39, 0.29) is 0 Å². The van der Waals surface area contributed by atoms with Gasteiger partial charge in [0.2, 0.25) is 0 Å². The Labute approximate surface area is 145 Å². The zero-order valence-corrected chi connectivity index (χ0v) is 13.3. The van der Waals surface area contributed by atoms with Crippen LogP contribution < -0.4 is 15.1 Å². The van der Waals surface area contributed by atoms with Gasteiger partial charge in [0.15, 0.2) is 11.5 Å². The first-order valence-electron chi connectivity index (χ1n) is 7.93. The van der Waals surface area contributed by atoms with Gasteiger partial charge in [0, 0.05) is 12.1 Å². The molecule has 0 saturated heterocycles. The van der Waals surface area contributed by atoms with Crippen LogP contribution in [0, 0.1) is 0 Å². The Morgan fingerprint density at radius 1 is 0.920 bits per heavy atom. The van der Waals surface area contributed by atoms with Crippen LogP contribution >= 0.6 is 0 Å². The first kappa shape index (κ1) is 15.2. The Morgan fingerprint density at radius 3 is 2.20 bits per heavy atom. The van der Waals surface area contributed by atoms with Crippen molar-refractivity contribution in [2.45, 2.75) is 6.54 Å². The van der Waals surface area contributed by atoms with Crippen LogP contribution in [0.1, 0.15) is 15.9 Å². The fourth-order valence-electron chi connectivity index (χ4n) is 3.01. The van der Waals surface area contributed by atoms with Crippen LogP contribution in [0.5, 0.6) is 11.5 Å². The molecule has 0 atom stereocenters. The fourth-order valence-corrected chi connectivity index (χ4v) is 3.01. The molecular formula is C20H16N2O3. The molecule has 124 valence electrons. The highest BCUT2D eigenvalue weighted by Gasteiger charge is 2.23. The van der Waals surface area contributed by atoms with Crippen LogP contribution in [-0.2, 0) is 6.54 Å². The summed E-state index contributed by atoms with van der Waals surface area (Å²) in [6.07, 6.45) is 0. The maximum absolute atomic E-state index is 11.7. The maximum atomic E-state index is 11.7. The number of fused-ring (bicyclic) bond motifs is 2. The molecule has 5 heteroatoms. The minimum atomic E-state index is -0.523. The van der Waals surface area contributed by atoms with Crippen molar-refractivity contribution in [2.24, 2.45) is 0 Å². The van der Waals surface area contributed by atoms with Gasteiger partial charge in [-0.15, -0.1) is 0 Å². The molecule has 25 heavy (non-hydrogen) atoms. The maximum Gasteiger partial charge on any atom is 0.274 e. The number of nitrogens with zero attached hydrogens (tertiary/aromatic N) is 1. The molecule has 1 amide bonds. The molecule has 1 aliphatic rings. The largest absolute Gasteiger partial charge is 0.453 e. The number of carbonyl (C=O) groups excluding carboxylic acids is 1. The lowest BCUT2D eigenvalue weighted by atomic mass is 10.1. The molecule has 3 aromatic rings. The first-order chi connectivity index (χ1) is 12.3. The number of amides is 1. The molecule has 4 rings (SSSR count). The summed E-state index contributed by atoms with van der Waals surface area (Å²) in [5.74, 6) is 1.07. The number of ether oxygens (including phenoxy) is 1. The normalized spacial score (nSPS) is 12.0. The minimum absolute atomic E-state index is 0.412. The molecule has 2 N–H and O–H groups in total. The van der Waals surface area contributed by atoms with E-state index in [9.17, 15) is 4.79 Å². The first-order valence-corrected chi connectivity index (χ1v) is 7.93. The highest BCUT2D eigenvalue weighted by Crippen LogP contribution is 2.46. The monoisotopic (exact) mass is 332 g/mol. The second kappa shape index (κ2) is 6.30. The second-order valence-electron chi connectivity index (χ2n) is 5.76. The lowest BCUT2D eigenvalue weighted by molar-refractivity contribution is 0.0706. The minimum Gasteiger partial charge on any atom is -0.453 e. The Morgan fingerprint density at radius 2 is 1.56 bits per heavy atom. The van der Waals surface area contributed by atoms with Crippen LogP contribution in [-0.4, -0.2) is 11.1 Å². The summed E-state index contributed by atoms with van der Waals surface area (Å²) in [5, 5.41) is 8.83. The van der Waals surface area contributed by atoms with Crippen molar-refractivity contribution in [1.29, 1.82) is 0 Å². The molecule has 0 aliphatic carbocycles. The van der Waals surface area contributed by atoms with E-state index in [4.69, 9.17) is 9.94 Å². The number of nitrogens with one attached hydrogen (secondary N) is 1. The number of hydrogen-bond acceptors (Lipinski definition) is 4. The van der Waals surface area contributed by atoms with Gasteiger partial charge in [0.25, 0.3) is 5.91 Å². The Hall–Kier alpha value is -3.31. The molecular weight excluding hydrogens is 316 g/mol. The molecule has 0 radical (unpaired) electrons. The summed E-state index contributed by atoms with van der Waals surface area (Å²) < 4.78 is 5.99. The van der Waals surface area contributed by atoms with Gasteiger partial charge >= 0.3 is 0 Å². The number of para-hydroxylation sites is 4. The summed E-state index contributed by atoms with van der Waals surface area (Å²) in [4.78, 5) is 13.8. The summed E-state index contributed by atoms with van der Waals surface area (Å²) >= 11 is 0. The van der Waals surface area contributed by atoms with Gasteiger partial charge in [-0.25, -0.2) is 5.48 Å². The second-order valence-corrected chi connectivity index (χ2v) is 5.76. The SMILES string of the molecule is O=C(NO)c1cccc(CN2c3ccccc3Oc3ccccc32)c1. The van der Waals surface area contributed by atoms with Crippen LogP contribution in [0.4, 0.5) is 11.4 Å². The molecule has 0 fully saturated rings. The Kier molecular flexibility index (Phi) is 3.84. The van der Waals surface area contributed by atoms with Gasteiger partial charge in [0.1, 0.15) is 0 Å². The molecule has 0 aromatic heterocycles. The Bertz CT molecular complexity index is 894. The van der Waals surface area contributed by atoms with Crippen molar-refractivity contribution in [1.82, 2.24) is 5.48 Å². The van der Waals surface area contributed by atoms with E-state index >= 15 is 0 Å². The summed E-state index contributed by atoms with van der Waals surface area (Å²) in [6.45, 7) is 0.573. The average Bonchev–Trinajstić information content (AvgIpc) is 2.67. The lowest BCUT2D eigenvalue weighted by Gasteiger charge is -2.32. The number of benzene rings is 3. The standard InChI is InChI=1S/C20H16N2O3/c23-20(21-24)15-7-5-6-14(12-15)13-22-16-8-1-3-10-18(16)25-19-11-4-2-9-17(19)22/h1-12,24H,13H2,(H,21,23). The lowest BCUT2D eigenvalue weighted by Crippen LogP contribution is -2.22. The third-order valence-corrected chi connectivity index (χ3v) is 4.16. The third kappa shape index (κ3) is 2.81. The average molecular weight is 332 g/mol. The number of rotatable bonds is 3. The molecule has 5 nitrogen and oxygen atoms in total. The number of carbonyl (C=O) groups is 1. The predicted molar refractivity (Wildman–Crippen MR) is 94.5 cm³/mol. The zero-order chi connectivity index (χ0) is 17.2. The van der Waals surface area contributed by atoms with E-state index in [1.54, 1.807) is 23.7 Å². The molecule has 1 heterocycles. The topological polar surface area (TPSA) is 61.8 Å². The van der Waals surface area contributed by atoms with Crippen LogP contribution in [0.2, 0.25) is 0 Å². The van der Waals surface area contributed by atoms with Crippen LogP contribution in [0.15, 0.2) is 72.8 Å². The fraction of sp³-hybridized carbons (Fsp3) is 0.0500. The predicted octanol–water partition coefficient (Wildman–Crippen LogP) is 4.25. The van der Waals surface area contributed by atoms with Gasteiger partial charge in [0.05, 0.1) is 11.4 Å². The van der Waals surface area contributed by atoms with Gasteiger partial charge in [-0.2, -0.15) is 0 Å². The number of anilines is 2. The smallest absolute Gasteiger partial charge is 0.274 e. The van der Waals surface area contributed by atoms with Crippen molar-refractivity contribution in [3.05, 3.63) is 83.9 Å². The van der Waals surface area contributed by atoms with Crippen molar-refractivity contribution >= 4 is 17.3 Å². The molecule has 1 aliphatic heterocycles. The van der Waals surface area contributed by atoms with Crippen molar-refractivity contribution in [3.8, 4) is 11.5 Å². The molecule has 0 spiro atoms. The van der Waals surface area contributed by atoms with E-state index < -0.39 is 5.91 Å². The van der Waals surface area contributed by atoms with Gasteiger partial charge in [-0.1, -0.05) is 36.4 Å². The van der Waals surface area contributed by atoms with Crippen molar-refractivity contribution < 1.29 is 14.7 Å². The summed E-state index contributed by atoms with van der Waals surface area (Å²) in [7, 11) is 0. The molecule has 0 saturated carbocycles. The molecule has 0 bridgehead atoms. The highest BCUT2D eigenvalue weighted by molar-refractivity contribution is 5.93. The summed E-state index contributed by atoms with van der Waals surface area (Å²) in [5.41, 5.74) is 4.98. The van der Waals surface area contributed by atoms with Gasteiger partial charge < -0.3 is 9.64 Å². The van der Waals surface area contributed by atoms with E-state index in [2.05, 4.69) is 4.90 Å². The number of hydroxylamine groups is 1. The van der Waals surface area contributed by atoms with Gasteiger partial charge in [-0.05, 0) is 42.0 Å². The van der Waals surface area contributed by atoms with Crippen LogP contribution in [0.3, 0.4) is 0 Å². The highest BCUT2D eigenvalue weighted by atomic mass is 16.5. The van der Waals surface area contributed by atoms with Crippen LogP contribution in [0.25, 0.3) is 0 Å². The third-order valence-electron chi connectivity index (χ3n) is 4.16. The Balaban J connectivity index is 1.75. The quantitative estimate of drug-likeness (QED) is 0.556. The van der Waals surface area contributed by atoms with E-state index in [0.29, 0.717) is 12.1 Å². The van der Waals surface area contributed by atoms with E-state index in [1.807, 2.05) is 54.6 Å². The summed E-state index contributed by atoms with van der Waals surface area (Å²) in [6, 6.07) is 22.9. The van der Waals surface area contributed by atoms with Crippen molar-refractivity contribution in [3.63, 3.8) is 0 Å². The zero-order valence-electron chi connectivity index (χ0n) is 13.3. The number of hydrogen-bond donors (Lipinski definition) is 2. The van der Waals surface area contributed by atoms with E-state index in [1.165, 1.54) is 0 Å². The van der Waals surface area contributed by atoms with Crippen molar-refractivity contribution in [2.75, 3.05) is 4.90 Å². The molecule has 3 aromatic carbocycles. The molecule has 0 unspecified atom stereocenters.